The number of nitrogens with one attached hydrogen (secondary N) is 1. The molecule has 126 valence electrons. The summed E-state index contributed by atoms with van der Waals surface area (Å²) in [4.78, 5) is 14.7. The van der Waals surface area contributed by atoms with Crippen molar-refractivity contribution < 1.29 is 4.79 Å². The second kappa shape index (κ2) is 6.64. The number of nitrogens with zero attached hydrogens (tertiary/aromatic N) is 4. The molecule has 4 rings (SSSR count). The molecule has 2 aliphatic heterocycles. The first-order chi connectivity index (χ1) is 11.7. The van der Waals surface area contributed by atoms with Crippen LogP contribution in [0.3, 0.4) is 0 Å². The Morgan fingerprint density at radius 1 is 1.17 bits per heavy atom. The van der Waals surface area contributed by atoms with Crippen LogP contribution in [0, 0.1) is 0 Å². The van der Waals surface area contributed by atoms with Crippen molar-refractivity contribution in [3.63, 3.8) is 0 Å². The largest absolute Gasteiger partial charge is 0.339 e. The second-order valence-corrected chi connectivity index (χ2v) is 7.20. The molecular formula is C17H20BrN5O. The predicted molar refractivity (Wildman–Crippen MR) is 93.7 cm³/mol. The first-order valence-corrected chi connectivity index (χ1v) is 9.20. The van der Waals surface area contributed by atoms with Crippen LogP contribution in [0.4, 0.5) is 0 Å². The molecule has 24 heavy (non-hydrogen) atoms. The number of halogens is 1. The highest BCUT2D eigenvalue weighted by molar-refractivity contribution is 9.10. The molecule has 1 fully saturated rings. The molecule has 7 heteroatoms. The fourth-order valence-corrected chi connectivity index (χ4v) is 4.02. The van der Waals surface area contributed by atoms with Gasteiger partial charge in [-0.1, -0.05) is 12.1 Å². The van der Waals surface area contributed by atoms with Crippen LogP contribution >= 0.6 is 15.9 Å². The van der Waals surface area contributed by atoms with Gasteiger partial charge in [0.2, 0.25) is 0 Å². The monoisotopic (exact) mass is 389 g/mol. The van der Waals surface area contributed by atoms with Crippen LogP contribution in [-0.2, 0) is 13.1 Å². The van der Waals surface area contributed by atoms with Crippen molar-refractivity contribution in [2.24, 2.45) is 0 Å². The van der Waals surface area contributed by atoms with Gasteiger partial charge in [0.05, 0.1) is 12.1 Å². The van der Waals surface area contributed by atoms with Crippen molar-refractivity contribution in [1.29, 1.82) is 0 Å². The quantitative estimate of drug-likeness (QED) is 0.854. The highest BCUT2D eigenvalue weighted by Crippen LogP contribution is 2.29. The summed E-state index contributed by atoms with van der Waals surface area (Å²) in [5.74, 6) is 2.63. The van der Waals surface area contributed by atoms with Crippen LogP contribution in [0.25, 0.3) is 0 Å². The van der Waals surface area contributed by atoms with Gasteiger partial charge in [-0.25, -0.2) is 0 Å². The van der Waals surface area contributed by atoms with Crippen LogP contribution in [-0.4, -0.2) is 45.2 Å². The van der Waals surface area contributed by atoms with Gasteiger partial charge >= 0.3 is 0 Å². The Balaban J connectivity index is 1.45. The summed E-state index contributed by atoms with van der Waals surface area (Å²) in [6.45, 7) is 4.24. The summed E-state index contributed by atoms with van der Waals surface area (Å²) in [5.41, 5.74) is 0.738. The number of benzene rings is 1. The highest BCUT2D eigenvalue weighted by atomic mass is 79.9. The molecule has 0 radical (unpaired) electrons. The Morgan fingerprint density at radius 3 is 2.75 bits per heavy atom. The molecule has 0 bridgehead atoms. The number of rotatable bonds is 2. The highest BCUT2D eigenvalue weighted by Gasteiger charge is 2.29. The van der Waals surface area contributed by atoms with E-state index in [4.69, 9.17) is 0 Å². The summed E-state index contributed by atoms with van der Waals surface area (Å²) in [6.07, 6.45) is 1.89. The second-order valence-electron chi connectivity index (χ2n) is 6.35. The van der Waals surface area contributed by atoms with Gasteiger partial charge in [-0.05, 0) is 40.9 Å². The number of aromatic nitrogens is 3. The van der Waals surface area contributed by atoms with E-state index in [9.17, 15) is 4.79 Å². The number of hydrogen-bond donors (Lipinski definition) is 1. The van der Waals surface area contributed by atoms with E-state index in [1.807, 2.05) is 29.2 Å². The van der Waals surface area contributed by atoms with Crippen molar-refractivity contribution >= 4 is 21.8 Å². The van der Waals surface area contributed by atoms with Crippen molar-refractivity contribution in [2.45, 2.75) is 31.8 Å². The van der Waals surface area contributed by atoms with Gasteiger partial charge in [-0.3, -0.25) is 4.79 Å². The Kier molecular flexibility index (Phi) is 4.37. The van der Waals surface area contributed by atoms with E-state index in [0.717, 1.165) is 67.3 Å². The maximum atomic E-state index is 12.7. The van der Waals surface area contributed by atoms with Gasteiger partial charge in [-0.2, -0.15) is 0 Å². The van der Waals surface area contributed by atoms with Gasteiger partial charge in [0, 0.05) is 36.6 Å². The van der Waals surface area contributed by atoms with Gasteiger partial charge in [0.15, 0.2) is 0 Å². The normalized spacial score (nSPS) is 18.5. The number of piperidine rings is 1. The van der Waals surface area contributed by atoms with E-state index < -0.39 is 0 Å². The Labute approximate surface area is 149 Å². The molecule has 3 heterocycles. The maximum absolute atomic E-state index is 12.7. The van der Waals surface area contributed by atoms with Crippen LogP contribution < -0.4 is 5.32 Å². The van der Waals surface area contributed by atoms with Crippen molar-refractivity contribution in [3.05, 3.63) is 46.0 Å². The van der Waals surface area contributed by atoms with E-state index >= 15 is 0 Å². The fourth-order valence-electron chi connectivity index (χ4n) is 3.56. The minimum absolute atomic E-state index is 0.105. The molecule has 1 saturated heterocycles. The topological polar surface area (TPSA) is 63.1 Å². The molecule has 1 amide bonds. The van der Waals surface area contributed by atoms with Gasteiger partial charge in [0.25, 0.3) is 5.91 Å². The molecule has 0 unspecified atom stereocenters. The number of hydrogen-bond acceptors (Lipinski definition) is 4. The molecule has 2 aromatic rings. The lowest BCUT2D eigenvalue weighted by atomic mass is 9.95. The first-order valence-electron chi connectivity index (χ1n) is 8.40. The number of likely N-dealkylation sites (tertiary alicyclic amines) is 1. The van der Waals surface area contributed by atoms with E-state index in [1.165, 1.54) is 0 Å². The molecule has 0 atom stereocenters. The third kappa shape index (κ3) is 2.86. The van der Waals surface area contributed by atoms with E-state index in [1.54, 1.807) is 0 Å². The molecule has 0 saturated carbocycles. The molecule has 0 aliphatic carbocycles. The lowest BCUT2D eigenvalue weighted by Gasteiger charge is -2.32. The number of fused-ring (bicyclic) bond motifs is 1. The number of carbonyl (C=O) groups is 1. The standard InChI is InChI=1S/C17H20BrN5O/c18-14-4-2-1-3-13(14)17(24)22-8-5-12(6-9-22)16-21-20-15-11-19-7-10-23(15)16/h1-4,12,19H,5-11H2. The molecule has 1 aromatic carbocycles. The number of carbonyl (C=O) groups excluding carboxylic acids is 1. The molecule has 0 spiro atoms. The minimum Gasteiger partial charge on any atom is -0.339 e. The lowest BCUT2D eigenvalue weighted by molar-refractivity contribution is 0.0709. The Hall–Kier alpha value is -1.73. The third-order valence-corrected chi connectivity index (χ3v) is 5.59. The van der Waals surface area contributed by atoms with Crippen LogP contribution in [0.1, 0.15) is 40.8 Å². The minimum atomic E-state index is 0.105. The van der Waals surface area contributed by atoms with Crippen molar-refractivity contribution in [1.82, 2.24) is 25.0 Å². The van der Waals surface area contributed by atoms with Crippen molar-refractivity contribution in [3.8, 4) is 0 Å². The van der Waals surface area contributed by atoms with E-state index in [0.29, 0.717) is 5.92 Å². The third-order valence-electron chi connectivity index (χ3n) is 4.90. The lowest BCUT2D eigenvalue weighted by Crippen LogP contribution is -2.39. The molecule has 6 nitrogen and oxygen atoms in total. The average Bonchev–Trinajstić information content (AvgIpc) is 3.06. The summed E-state index contributed by atoms with van der Waals surface area (Å²) < 4.78 is 3.11. The van der Waals surface area contributed by atoms with Crippen LogP contribution in [0.15, 0.2) is 28.7 Å². The zero-order chi connectivity index (χ0) is 16.5. The Morgan fingerprint density at radius 2 is 1.96 bits per heavy atom. The SMILES string of the molecule is O=C(c1ccccc1Br)N1CCC(c2nnc3n2CCNC3)CC1. The zero-order valence-electron chi connectivity index (χ0n) is 13.4. The van der Waals surface area contributed by atoms with E-state index in [-0.39, 0.29) is 5.91 Å². The molecule has 1 N–H and O–H groups in total. The van der Waals surface area contributed by atoms with Crippen LogP contribution in [0.2, 0.25) is 0 Å². The summed E-state index contributed by atoms with van der Waals surface area (Å²) >= 11 is 3.47. The Bertz CT molecular complexity index is 751. The fraction of sp³-hybridized carbons (Fsp3) is 0.471. The smallest absolute Gasteiger partial charge is 0.254 e. The van der Waals surface area contributed by atoms with Crippen LogP contribution in [0.5, 0.6) is 0 Å². The molecular weight excluding hydrogens is 370 g/mol. The number of amides is 1. The maximum Gasteiger partial charge on any atom is 0.254 e. The van der Waals surface area contributed by atoms with Crippen molar-refractivity contribution in [2.75, 3.05) is 19.6 Å². The summed E-state index contributed by atoms with van der Waals surface area (Å²) in [7, 11) is 0. The molecule has 1 aromatic heterocycles. The van der Waals surface area contributed by atoms with Gasteiger partial charge in [-0.15, -0.1) is 10.2 Å². The molecule has 2 aliphatic rings. The van der Waals surface area contributed by atoms with Gasteiger partial charge < -0.3 is 14.8 Å². The van der Waals surface area contributed by atoms with E-state index in [2.05, 4.69) is 36.0 Å². The average molecular weight is 390 g/mol. The first kappa shape index (κ1) is 15.8. The van der Waals surface area contributed by atoms with Gasteiger partial charge in [0.1, 0.15) is 11.6 Å². The summed E-state index contributed by atoms with van der Waals surface area (Å²) in [6, 6.07) is 7.62. The predicted octanol–water partition coefficient (Wildman–Crippen LogP) is 2.16. The zero-order valence-corrected chi connectivity index (χ0v) is 15.0. The summed E-state index contributed by atoms with van der Waals surface area (Å²) in [5, 5.41) is 12.1.